The highest BCUT2D eigenvalue weighted by atomic mass is 16.2. The largest absolute Gasteiger partial charge is 0.364 e. The summed E-state index contributed by atoms with van der Waals surface area (Å²) >= 11 is 0. The maximum absolute atomic E-state index is 11.7. The fourth-order valence-corrected chi connectivity index (χ4v) is 3.24. The first-order chi connectivity index (χ1) is 9.88. The first kappa shape index (κ1) is 14.1. The van der Waals surface area contributed by atoms with Crippen LogP contribution in [0.15, 0.2) is 6.07 Å². The van der Waals surface area contributed by atoms with Crippen LogP contribution in [0.4, 0.5) is 0 Å². The maximum Gasteiger partial charge on any atom is 0.269 e. The van der Waals surface area contributed by atoms with E-state index in [0.29, 0.717) is 37.8 Å². The Bertz CT molecular complexity index is 594. The lowest BCUT2D eigenvalue weighted by molar-refractivity contribution is -0.119. The van der Waals surface area contributed by atoms with Gasteiger partial charge in [0.15, 0.2) is 0 Å². The van der Waals surface area contributed by atoms with Gasteiger partial charge in [0.05, 0.1) is 12.2 Å². The summed E-state index contributed by atoms with van der Waals surface area (Å²) in [6.07, 6.45) is 0.501. The van der Waals surface area contributed by atoms with Gasteiger partial charge in [-0.2, -0.15) is 5.10 Å². The van der Waals surface area contributed by atoms with E-state index >= 15 is 0 Å². The van der Waals surface area contributed by atoms with Crippen LogP contribution in [0.1, 0.15) is 36.5 Å². The number of nitrogens with zero attached hydrogens (tertiary/aromatic N) is 3. The summed E-state index contributed by atoms with van der Waals surface area (Å²) in [4.78, 5) is 25.4. The lowest BCUT2D eigenvalue weighted by atomic mass is 9.86. The molecule has 1 aromatic heterocycles. The van der Waals surface area contributed by atoms with E-state index < -0.39 is 5.91 Å². The molecule has 7 heteroatoms. The number of hydrogen-bond donors (Lipinski definition) is 2. The molecular weight excluding hydrogens is 270 g/mol. The molecule has 21 heavy (non-hydrogen) atoms. The molecule has 2 amide bonds. The maximum atomic E-state index is 11.7. The number of rotatable bonds is 2. The standard InChI is InChI=1S/C14H21N5O2/c1-9(2)18-5-10-3-11(13(15)21)17-19(10)8-14(7-18)4-12(20)16-6-14/h3,9H,4-8H2,1-2H3,(H2,15,21)(H,16,20). The van der Waals surface area contributed by atoms with Gasteiger partial charge in [-0.15, -0.1) is 0 Å². The predicted molar refractivity (Wildman–Crippen MR) is 76.4 cm³/mol. The Kier molecular flexibility index (Phi) is 3.24. The number of amides is 2. The number of nitrogens with one attached hydrogen (secondary N) is 1. The average Bonchev–Trinajstić information content (AvgIpc) is 2.90. The van der Waals surface area contributed by atoms with Crippen LogP contribution < -0.4 is 11.1 Å². The molecule has 1 aromatic rings. The zero-order valence-electron chi connectivity index (χ0n) is 12.4. The van der Waals surface area contributed by atoms with Crippen molar-refractivity contribution in [3.8, 4) is 0 Å². The van der Waals surface area contributed by atoms with E-state index in [4.69, 9.17) is 5.73 Å². The van der Waals surface area contributed by atoms with E-state index in [1.54, 1.807) is 6.07 Å². The summed E-state index contributed by atoms with van der Waals surface area (Å²) in [6, 6.07) is 2.12. The van der Waals surface area contributed by atoms with E-state index in [1.165, 1.54) is 0 Å². The Morgan fingerprint density at radius 1 is 1.48 bits per heavy atom. The molecule has 1 unspecified atom stereocenters. The number of aromatic nitrogens is 2. The van der Waals surface area contributed by atoms with Gasteiger partial charge in [0.25, 0.3) is 5.91 Å². The second-order valence-corrected chi connectivity index (χ2v) is 6.50. The van der Waals surface area contributed by atoms with Crippen molar-refractivity contribution in [2.75, 3.05) is 13.1 Å². The van der Waals surface area contributed by atoms with Crippen LogP contribution in [0.5, 0.6) is 0 Å². The first-order valence-corrected chi connectivity index (χ1v) is 7.26. The number of primary amides is 1. The number of carbonyl (C=O) groups excluding carboxylic acids is 2. The molecule has 0 radical (unpaired) electrons. The molecule has 3 N–H and O–H groups in total. The average molecular weight is 291 g/mol. The van der Waals surface area contributed by atoms with Gasteiger partial charge in [0.1, 0.15) is 5.69 Å². The predicted octanol–water partition coefficient (Wildman–Crippen LogP) is -0.288. The molecule has 3 rings (SSSR count). The zero-order valence-corrected chi connectivity index (χ0v) is 12.4. The van der Waals surface area contributed by atoms with Crippen LogP contribution in [-0.4, -0.2) is 45.6 Å². The van der Waals surface area contributed by atoms with E-state index in [0.717, 1.165) is 12.2 Å². The van der Waals surface area contributed by atoms with E-state index in [1.807, 2.05) is 4.68 Å². The molecule has 1 saturated heterocycles. The third kappa shape index (κ3) is 2.53. The first-order valence-electron chi connectivity index (χ1n) is 7.26. The van der Waals surface area contributed by atoms with E-state index in [2.05, 4.69) is 29.2 Å². The van der Waals surface area contributed by atoms with Crippen molar-refractivity contribution in [1.29, 1.82) is 0 Å². The Morgan fingerprint density at radius 2 is 2.24 bits per heavy atom. The minimum atomic E-state index is -0.513. The molecule has 1 fully saturated rings. The molecule has 0 saturated carbocycles. The van der Waals surface area contributed by atoms with Gasteiger partial charge in [-0.1, -0.05) is 0 Å². The van der Waals surface area contributed by atoms with Gasteiger partial charge in [0.2, 0.25) is 5.91 Å². The SMILES string of the molecule is CC(C)N1Cc2cc(C(N)=O)nn2CC2(CNC(=O)C2)C1. The monoisotopic (exact) mass is 291 g/mol. The quantitative estimate of drug-likeness (QED) is 0.783. The number of fused-ring (bicyclic) bond motifs is 1. The van der Waals surface area contributed by atoms with Gasteiger partial charge in [-0.05, 0) is 19.9 Å². The van der Waals surface area contributed by atoms with Crippen molar-refractivity contribution in [2.24, 2.45) is 11.1 Å². The highest BCUT2D eigenvalue weighted by Crippen LogP contribution is 2.33. The van der Waals surface area contributed by atoms with Gasteiger partial charge < -0.3 is 11.1 Å². The van der Waals surface area contributed by atoms with Crippen LogP contribution in [0, 0.1) is 5.41 Å². The molecule has 2 aliphatic rings. The normalized spacial score (nSPS) is 26.0. The number of nitrogens with two attached hydrogens (primary N) is 1. The van der Waals surface area contributed by atoms with Crippen LogP contribution in [0.25, 0.3) is 0 Å². The van der Waals surface area contributed by atoms with Gasteiger partial charge >= 0.3 is 0 Å². The molecule has 7 nitrogen and oxygen atoms in total. The van der Waals surface area contributed by atoms with Crippen molar-refractivity contribution in [3.05, 3.63) is 17.5 Å². The lowest BCUT2D eigenvalue weighted by Crippen LogP contribution is -2.42. The molecule has 114 valence electrons. The van der Waals surface area contributed by atoms with Crippen molar-refractivity contribution in [2.45, 2.75) is 39.4 Å². The van der Waals surface area contributed by atoms with E-state index in [9.17, 15) is 9.59 Å². The van der Waals surface area contributed by atoms with Gasteiger partial charge in [0, 0.05) is 37.5 Å². The molecular formula is C14H21N5O2. The lowest BCUT2D eigenvalue weighted by Gasteiger charge is -2.33. The van der Waals surface area contributed by atoms with E-state index in [-0.39, 0.29) is 11.3 Å². The summed E-state index contributed by atoms with van der Waals surface area (Å²) in [7, 11) is 0. The highest BCUT2D eigenvalue weighted by molar-refractivity contribution is 5.90. The van der Waals surface area contributed by atoms with Gasteiger partial charge in [-0.3, -0.25) is 19.2 Å². The molecule has 0 aromatic carbocycles. The number of carbonyl (C=O) groups is 2. The summed E-state index contributed by atoms with van der Waals surface area (Å²) in [6.45, 7) is 7.13. The van der Waals surface area contributed by atoms with Crippen molar-refractivity contribution >= 4 is 11.8 Å². The third-order valence-corrected chi connectivity index (χ3v) is 4.43. The Hall–Kier alpha value is -1.89. The summed E-state index contributed by atoms with van der Waals surface area (Å²) in [5.74, 6) is -0.425. The molecule has 1 spiro atoms. The second-order valence-electron chi connectivity index (χ2n) is 6.50. The topological polar surface area (TPSA) is 93.2 Å². The Morgan fingerprint density at radius 3 is 2.81 bits per heavy atom. The van der Waals surface area contributed by atoms with Crippen LogP contribution in [-0.2, 0) is 17.9 Å². The van der Waals surface area contributed by atoms with Crippen LogP contribution >= 0.6 is 0 Å². The Labute approximate surface area is 123 Å². The summed E-state index contributed by atoms with van der Waals surface area (Å²) in [5, 5.41) is 7.25. The van der Waals surface area contributed by atoms with Gasteiger partial charge in [-0.25, -0.2) is 0 Å². The highest BCUT2D eigenvalue weighted by Gasteiger charge is 2.43. The van der Waals surface area contributed by atoms with Crippen molar-refractivity contribution in [1.82, 2.24) is 20.0 Å². The van der Waals surface area contributed by atoms with Crippen LogP contribution in [0.3, 0.4) is 0 Å². The minimum absolute atomic E-state index is 0.0874. The molecule has 0 aliphatic carbocycles. The second kappa shape index (κ2) is 4.84. The molecule has 0 bridgehead atoms. The van der Waals surface area contributed by atoms with Crippen LogP contribution in [0.2, 0.25) is 0 Å². The molecule has 3 heterocycles. The number of hydrogen-bond acceptors (Lipinski definition) is 4. The fraction of sp³-hybridized carbons (Fsp3) is 0.643. The Balaban J connectivity index is 1.99. The fourth-order valence-electron chi connectivity index (χ4n) is 3.24. The minimum Gasteiger partial charge on any atom is -0.364 e. The van der Waals surface area contributed by atoms with Crippen molar-refractivity contribution < 1.29 is 9.59 Å². The summed E-state index contributed by atoms with van der Waals surface area (Å²) < 4.78 is 1.85. The third-order valence-electron chi connectivity index (χ3n) is 4.43. The smallest absolute Gasteiger partial charge is 0.269 e. The van der Waals surface area contributed by atoms with Crippen molar-refractivity contribution in [3.63, 3.8) is 0 Å². The summed E-state index contributed by atoms with van der Waals surface area (Å²) in [5.41, 5.74) is 6.45. The zero-order chi connectivity index (χ0) is 15.2. The molecule has 1 atom stereocenters. The molecule has 2 aliphatic heterocycles.